The zero-order valence-electron chi connectivity index (χ0n) is 17.2. The summed E-state index contributed by atoms with van der Waals surface area (Å²) in [6.07, 6.45) is 1.42. The normalized spacial score (nSPS) is 10.8. The first-order chi connectivity index (χ1) is 14.8. The Morgan fingerprint density at radius 1 is 1.10 bits per heavy atom. The van der Waals surface area contributed by atoms with Gasteiger partial charge in [-0.1, -0.05) is 25.4 Å². The van der Waals surface area contributed by atoms with E-state index in [0.717, 1.165) is 21.7 Å². The zero-order chi connectivity index (χ0) is 23.2. The van der Waals surface area contributed by atoms with Crippen molar-refractivity contribution in [1.82, 2.24) is 4.98 Å². The molecule has 0 bridgehead atoms. The number of ether oxygens (including phenoxy) is 2. The van der Waals surface area contributed by atoms with Gasteiger partial charge in [0.05, 0.1) is 25.8 Å². The van der Waals surface area contributed by atoms with Crippen LogP contribution in [0.4, 0.5) is 13.9 Å². The number of halogens is 3. The first kappa shape index (κ1) is 24.8. The number of sulfonamides is 1. The molecule has 0 radical (unpaired) electrons. The van der Waals surface area contributed by atoms with Crippen LogP contribution in [0.5, 0.6) is 11.5 Å². The van der Waals surface area contributed by atoms with Gasteiger partial charge in [-0.05, 0) is 18.2 Å². The number of aromatic nitrogens is 1. The van der Waals surface area contributed by atoms with E-state index in [9.17, 15) is 17.2 Å². The number of hydrogen-bond donors (Lipinski definition) is 0. The highest BCUT2D eigenvalue weighted by Crippen LogP contribution is 2.33. The summed E-state index contributed by atoms with van der Waals surface area (Å²) in [5.41, 5.74) is 0.487. The summed E-state index contributed by atoms with van der Waals surface area (Å²) in [6, 6.07) is 6.04. The third-order valence-electron chi connectivity index (χ3n) is 3.98. The minimum atomic E-state index is -4.46. The Morgan fingerprint density at radius 3 is 2.39 bits per heavy atom. The van der Waals surface area contributed by atoms with Crippen LogP contribution >= 0.6 is 22.9 Å². The average molecular weight is 491 g/mol. The van der Waals surface area contributed by atoms with Gasteiger partial charge in [-0.25, -0.2) is 26.5 Å². The van der Waals surface area contributed by atoms with E-state index >= 15 is 0 Å². The third kappa shape index (κ3) is 5.44. The summed E-state index contributed by atoms with van der Waals surface area (Å²) < 4.78 is 65.7. The van der Waals surface area contributed by atoms with Crippen molar-refractivity contribution in [2.45, 2.75) is 25.3 Å². The molecule has 0 amide bonds. The maximum Gasteiger partial charge on any atom is 0.269 e. The molecule has 0 aliphatic carbocycles. The van der Waals surface area contributed by atoms with Crippen LogP contribution < -0.4 is 13.8 Å². The molecule has 1 aromatic heterocycles. The summed E-state index contributed by atoms with van der Waals surface area (Å²) in [5.74, 6) is -1.42. The maximum absolute atomic E-state index is 14.3. The zero-order valence-corrected chi connectivity index (χ0v) is 19.6. The predicted molar refractivity (Wildman–Crippen MR) is 118 cm³/mol. The van der Waals surface area contributed by atoms with E-state index in [1.54, 1.807) is 23.6 Å². The smallest absolute Gasteiger partial charge is 0.269 e. The first-order valence-electron chi connectivity index (χ1n) is 9.05. The van der Waals surface area contributed by atoms with Crippen molar-refractivity contribution in [3.05, 3.63) is 64.1 Å². The van der Waals surface area contributed by atoms with Gasteiger partial charge in [0.15, 0.2) is 5.13 Å². The first-order valence-corrected chi connectivity index (χ1v) is 11.8. The fourth-order valence-electron chi connectivity index (χ4n) is 2.55. The molecule has 0 unspecified atom stereocenters. The second-order valence-corrected chi connectivity index (χ2v) is 8.81. The van der Waals surface area contributed by atoms with Crippen LogP contribution in [-0.2, 0) is 16.6 Å². The lowest BCUT2D eigenvalue weighted by Gasteiger charge is -2.23. The van der Waals surface area contributed by atoms with Crippen molar-refractivity contribution in [1.29, 1.82) is 0 Å². The molecule has 0 saturated carbocycles. The lowest BCUT2D eigenvalue weighted by molar-refractivity contribution is 0.391. The van der Waals surface area contributed by atoms with E-state index < -0.39 is 31.6 Å². The van der Waals surface area contributed by atoms with Gasteiger partial charge >= 0.3 is 0 Å². The number of thiazole rings is 1. The molecule has 1 heterocycles. The van der Waals surface area contributed by atoms with Crippen LogP contribution in [0, 0.1) is 11.6 Å². The van der Waals surface area contributed by atoms with Gasteiger partial charge in [0.2, 0.25) is 0 Å². The number of nitrogens with zero attached hydrogens (tertiary/aromatic N) is 2. The van der Waals surface area contributed by atoms with Crippen LogP contribution in [-0.4, -0.2) is 27.6 Å². The Bertz CT molecular complexity index is 1130. The Labute approximate surface area is 189 Å². The summed E-state index contributed by atoms with van der Waals surface area (Å²) in [4.78, 5) is 3.28. The molecule has 168 valence electrons. The molecule has 0 saturated heterocycles. The van der Waals surface area contributed by atoms with E-state index in [2.05, 4.69) is 4.98 Å². The number of hydrogen-bond acceptors (Lipinski definition) is 6. The molecule has 0 fully saturated rings. The van der Waals surface area contributed by atoms with Gasteiger partial charge in [0, 0.05) is 29.3 Å². The van der Waals surface area contributed by atoms with Crippen LogP contribution in [0.2, 0.25) is 5.02 Å². The molecule has 3 rings (SSSR count). The summed E-state index contributed by atoms with van der Waals surface area (Å²) in [5, 5.41) is 1.17. The number of anilines is 1. The van der Waals surface area contributed by atoms with Gasteiger partial charge in [-0.3, -0.25) is 0 Å². The summed E-state index contributed by atoms with van der Waals surface area (Å²) in [6.45, 7) is 3.79. The third-order valence-corrected chi connectivity index (χ3v) is 6.93. The lowest BCUT2D eigenvalue weighted by atomic mass is 10.2. The minimum absolute atomic E-state index is 0.0997. The van der Waals surface area contributed by atoms with Crippen molar-refractivity contribution in [3.63, 3.8) is 0 Å². The van der Waals surface area contributed by atoms with Crippen LogP contribution in [0.25, 0.3) is 0 Å². The summed E-state index contributed by atoms with van der Waals surface area (Å²) >= 11 is 6.74. The Morgan fingerprint density at radius 2 is 1.81 bits per heavy atom. The molecule has 31 heavy (non-hydrogen) atoms. The maximum atomic E-state index is 14.3. The number of methoxy groups -OCH3 is 2. The van der Waals surface area contributed by atoms with E-state index in [0.29, 0.717) is 23.1 Å². The van der Waals surface area contributed by atoms with Crippen LogP contribution in [0.15, 0.2) is 46.8 Å². The second kappa shape index (κ2) is 10.7. The molecule has 0 atom stereocenters. The van der Waals surface area contributed by atoms with Gasteiger partial charge < -0.3 is 9.47 Å². The monoisotopic (exact) mass is 490 g/mol. The molecule has 6 nitrogen and oxygen atoms in total. The highest BCUT2D eigenvalue weighted by molar-refractivity contribution is 7.93. The van der Waals surface area contributed by atoms with Crippen molar-refractivity contribution >= 4 is 38.1 Å². The molecule has 0 N–H and O–H groups in total. The molecule has 3 aromatic rings. The van der Waals surface area contributed by atoms with E-state index in [1.807, 2.05) is 13.8 Å². The Hall–Kier alpha value is -2.43. The van der Waals surface area contributed by atoms with Gasteiger partial charge in [-0.2, -0.15) is 0 Å². The van der Waals surface area contributed by atoms with Gasteiger partial charge in [-0.15, -0.1) is 11.3 Å². The topological polar surface area (TPSA) is 68.7 Å². The van der Waals surface area contributed by atoms with E-state index in [-0.39, 0.29) is 11.7 Å². The number of rotatable bonds is 7. The lowest BCUT2D eigenvalue weighted by Crippen LogP contribution is -2.31. The molecular formula is C20H21ClF2N2O4S2. The molecular weight excluding hydrogens is 470 g/mol. The van der Waals surface area contributed by atoms with Crippen molar-refractivity contribution in [2.24, 2.45) is 0 Å². The van der Waals surface area contributed by atoms with Crippen molar-refractivity contribution in [2.75, 3.05) is 18.5 Å². The highest BCUT2D eigenvalue weighted by atomic mass is 35.5. The average Bonchev–Trinajstić information content (AvgIpc) is 3.30. The van der Waals surface area contributed by atoms with Gasteiger partial charge in [0.25, 0.3) is 10.0 Å². The van der Waals surface area contributed by atoms with E-state index in [4.69, 9.17) is 21.1 Å². The summed E-state index contributed by atoms with van der Waals surface area (Å²) in [7, 11) is -1.55. The quantitative estimate of drug-likeness (QED) is 0.408. The Balaban J connectivity index is 0.00000166. The Kier molecular flexibility index (Phi) is 8.60. The molecule has 0 aliphatic rings. The highest BCUT2D eigenvalue weighted by Gasteiger charge is 2.31. The van der Waals surface area contributed by atoms with Gasteiger partial charge in [0.1, 0.15) is 28.0 Å². The second-order valence-electron chi connectivity index (χ2n) is 5.70. The van der Waals surface area contributed by atoms with Crippen molar-refractivity contribution in [3.8, 4) is 11.5 Å². The van der Waals surface area contributed by atoms with Crippen molar-refractivity contribution < 1.29 is 26.7 Å². The largest absolute Gasteiger partial charge is 0.497 e. The van der Waals surface area contributed by atoms with E-state index in [1.165, 1.54) is 20.4 Å². The SMILES string of the molecule is CC.COc1ccc(CN(c2nccs2)S(=O)(=O)c2cc(Cl)c(F)cc2F)c(OC)c1. The standard InChI is InChI=1S/C18H15ClF2N2O4S2.C2H6/c1-26-12-4-3-11(16(7-12)27-2)10-23(18-22-5-6-28-18)29(24,25)17-8-13(19)14(20)9-15(17)21;1-2/h3-9H,10H2,1-2H3;1-2H3. The molecule has 0 aliphatic heterocycles. The minimum Gasteiger partial charge on any atom is -0.497 e. The fraction of sp³-hybridized carbons (Fsp3) is 0.250. The predicted octanol–water partition coefficient (Wildman–Crippen LogP) is 5.51. The van der Waals surface area contributed by atoms with Crippen LogP contribution in [0.3, 0.4) is 0 Å². The molecule has 2 aromatic carbocycles. The molecule has 11 heteroatoms. The van der Waals surface area contributed by atoms with Crippen LogP contribution in [0.1, 0.15) is 19.4 Å². The fourth-order valence-corrected chi connectivity index (χ4v) is 5.12. The number of benzene rings is 2. The molecule has 0 spiro atoms.